The molecule has 84 valence electrons. The molecule has 2 nitrogen and oxygen atoms in total. The van der Waals surface area contributed by atoms with E-state index in [4.69, 9.17) is 4.74 Å². The first-order chi connectivity index (χ1) is 7.15. The molecule has 15 heavy (non-hydrogen) atoms. The van der Waals surface area contributed by atoms with E-state index < -0.39 is 0 Å². The van der Waals surface area contributed by atoms with Crippen LogP contribution < -0.4 is 0 Å². The average molecular weight is 208 g/mol. The van der Waals surface area contributed by atoms with Crippen LogP contribution in [0.2, 0.25) is 0 Å². The van der Waals surface area contributed by atoms with Gasteiger partial charge in [0, 0.05) is 19.4 Å². The molecule has 4 atom stereocenters. The highest BCUT2D eigenvalue weighted by Crippen LogP contribution is 2.61. The molecule has 0 amide bonds. The first-order valence-electron chi connectivity index (χ1n) is 5.81. The van der Waals surface area contributed by atoms with E-state index in [1.165, 1.54) is 18.4 Å². The zero-order valence-electron chi connectivity index (χ0n) is 9.66. The standard InChI is InChI=1S/C13H20O2/c1-9-10-5-6-11(12(10)15-3)13(9,2)7-4-8-14/h8,10-12H,1,4-7H2,2-3H3. The number of aldehydes is 1. The van der Waals surface area contributed by atoms with Gasteiger partial charge < -0.3 is 9.53 Å². The molecule has 0 aromatic rings. The average Bonchev–Trinajstić information content (AvgIpc) is 2.74. The molecule has 2 heteroatoms. The molecule has 0 N–H and O–H groups in total. The van der Waals surface area contributed by atoms with Crippen LogP contribution in [-0.4, -0.2) is 19.5 Å². The topological polar surface area (TPSA) is 26.3 Å². The van der Waals surface area contributed by atoms with Gasteiger partial charge in [0.1, 0.15) is 6.29 Å². The minimum Gasteiger partial charge on any atom is -0.381 e. The van der Waals surface area contributed by atoms with E-state index in [0.29, 0.717) is 24.4 Å². The van der Waals surface area contributed by atoms with E-state index in [1.807, 2.05) is 0 Å². The number of carbonyl (C=O) groups excluding carboxylic acids is 1. The lowest BCUT2D eigenvalue weighted by Crippen LogP contribution is -2.28. The molecule has 0 heterocycles. The van der Waals surface area contributed by atoms with Gasteiger partial charge in [-0.15, -0.1) is 0 Å². The van der Waals surface area contributed by atoms with Gasteiger partial charge in [-0.05, 0) is 30.6 Å². The molecule has 0 spiro atoms. The van der Waals surface area contributed by atoms with Gasteiger partial charge in [-0.2, -0.15) is 0 Å². The normalized spacial score (nSPS) is 43.6. The van der Waals surface area contributed by atoms with Crippen LogP contribution in [0.4, 0.5) is 0 Å². The lowest BCUT2D eigenvalue weighted by Gasteiger charge is -2.35. The van der Waals surface area contributed by atoms with E-state index in [2.05, 4.69) is 13.5 Å². The summed E-state index contributed by atoms with van der Waals surface area (Å²) in [5, 5.41) is 0. The third-order valence-electron chi connectivity index (χ3n) is 4.64. The van der Waals surface area contributed by atoms with Gasteiger partial charge in [-0.3, -0.25) is 0 Å². The summed E-state index contributed by atoms with van der Waals surface area (Å²) in [6.07, 6.45) is 5.42. The molecular weight excluding hydrogens is 188 g/mol. The third-order valence-corrected chi connectivity index (χ3v) is 4.64. The number of rotatable bonds is 4. The van der Waals surface area contributed by atoms with E-state index >= 15 is 0 Å². The summed E-state index contributed by atoms with van der Waals surface area (Å²) in [6, 6.07) is 0. The molecule has 0 aliphatic heterocycles. The largest absolute Gasteiger partial charge is 0.381 e. The summed E-state index contributed by atoms with van der Waals surface area (Å²) in [5.41, 5.74) is 1.47. The second kappa shape index (κ2) is 3.75. The second-order valence-electron chi connectivity index (χ2n) is 5.14. The van der Waals surface area contributed by atoms with E-state index in [0.717, 1.165) is 12.7 Å². The maximum atomic E-state index is 10.5. The molecule has 0 saturated heterocycles. The lowest BCUT2D eigenvalue weighted by atomic mass is 9.69. The second-order valence-corrected chi connectivity index (χ2v) is 5.14. The maximum absolute atomic E-state index is 10.5. The van der Waals surface area contributed by atoms with Crippen molar-refractivity contribution in [3.05, 3.63) is 12.2 Å². The molecule has 0 aromatic heterocycles. The fourth-order valence-corrected chi connectivity index (χ4v) is 3.72. The summed E-state index contributed by atoms with van der Waals surface area (Å²) in [6.45, 7) is 6.50. The Morgan fingerprint density at radius 2 is 2.33 bits per heavy atom. The predicted molar refractivity (Wildman–Crippen MR) is 59.6 cm³/mol. The first-order valence-corrected chi connectivity index (χ1v) is 5.81. The Labute approximate surface area is 91.7 Å². The van der Waals surface area contributed by atoms with Crippen LogP contribution in [0.5, 0.6) is 0 Å². The minimum absolute atomic E-state index is 0.143. The van der Waals surface area contributed by atoms with Gasteiger partial charge in [0.25, 0.3) is 0 Å². The Hall–Kier alpha value is -0.630. The Kier molecular flexibility index (Phi) is 2.72. The summed E-state index contributed by atoms with van der Waals surface area (Å²) >= 11 is 0. The summed E-state index contributed by atoms with van der Waals surface area (Å²) in [4.78, 5) is 10.5. The molecule has 2 fully saturated rings. The van der Waals surface area contributed by atoms with Crippen molar-refractivity contribution in [1.82, 2.24) is 0 Å². The Bertz CT molecular complexity index is 284. The third kappa shape index (κ3) is 1.38. The number of ether oxygens (including phenoxy) is 1. The van der Waals surface area contributed by atoms with Crippen LogP contribution >= 0.6 is 0 Å². The van der Waals surface area contributed by atoms with Crippen molar-refractivity contribution >= 4 is 6.29 Å². The fraction of sp³-hybridized carbons (Fsp3) is 0.769. The molecule has 0 radical (unpaired) electrons. The fourth-order valence-electron chi connectivity index (χ4n) is 3.72. The predicted octanol–water partition coefficient (Wildman–Crippen LogP) is 2.58. The minimum atomic E-state index is 0.143. The highest BCUT2D eigenvalue weighted by atomic mass is 16.5. The van der Waals surface area contributed by atoms with Crippen LogP contribution in [0.25, 0.3) is 0 Å². The summed E-state index contributed by atoms with van der Waals surface area (Å²) < 4.78 is 5.59. The lowest BCUT2D eigenvalue weighted by molar-refractivity contribution is -0.108. The zero-order valence-corrected chi connectivity index (χ0v) is 9.66. The molecule has 0 aromatic carbocycles. The molecule has 4 unspecified atom stereocenters. The number of fused-ring (bicyclic) bond motifs is 2. The summed E-state index contributed by atoms with van der Waals surface area (Å²) in [5.74, 6) is 1.12. The SMILES string of the molecule is C=C1C2CCC(C2OC)C1(C)CCC=O. The van der Waals surface area contributed by atoms with Gasteiger partial charge in [0.15, 0.2) is 0 Å². The van der Waals surface area contributed by atoms with Crippen molar-refractivity contribution in [2.75, 3.05) is 7.11 Å². The van der Waals surface area contributed by atoms with Crippen LogP contribution in [0.3, 0.4) is 0 Å². The van der Waals surface area contributed by atoms with Gasteiger partial charge in [-0.25, -0.2) is 0 Å². The van der Waals surface area contributed by atoms with Gasteiger partial charge in [-0.1, -0.05) is 19.1 Å². The highest BCUT2D eigenvalue weighted by molar-refractivity contribution is 5.49. The number of methoxy groups -OCH3 is 1. The Morgan fingerprint density at radius 1 is 1.60 bits per heavy atom. The maximum Gasteiger partial charge on any atom is 0.120 e. The molecule has 2 bridgehead atoms. The Morgan fingerprint density at radius 3 is 2.87 bits per heavy atom. The Balaban J connectivity index is 2.20. The molecule has 2 aliphatic rings. The number of hydrogen-bond donors (Lipinski definition) is 0. The van der Waals surface area contributed by atoms with Crippen LogP contribution in [0.15, 0.2) is 12.2 Å². The first kappa shape index (κ1) is 10.9. The number of hydrogen-bond acceptors (Lipinski definition) is 2. The van der Waals surface area contributed by atoms with Gasteiger partial charge >= 0.3 is 0 Å². The van der Waals surface area contributed by atoms with Crippen molar-refractivity contribution in [2.24, 2.45) is 17.3 Å². The van der Waals surface area contributed by atoms with Gasteiger partial charge in [0.2, 0.25) is 0 Å². The number of carbonyl (C=O) groups is 1. The van der Waals surface area contributed by atoms with Crippen LogP contribution in [0.1, 0.15) is 32.6 Å². The smallest absolute Gasteiger partial charge is 0.120 e. The van der Waals surface area contributed by atoms with Crippen LogP contribution in [-0.2, 0) is 9.53 Å². The molecule has 2 saturated carbocycles. The van der Waals surface area contributed by atoms with Crippen LogP contribution in [0, 0.1) is 17.3 Å². The molecular formula is C13H20O2. The van der Waals surface area contributed by atoms with E-state index in [1.54, 1.807) is 7.11 Å². The molecule has 2 rings (SSSR count). The molecule has 2 aliphatic carbocycles. The van der Waals surface area contributed by atoms with E-state index in [9.17, 15) is 4.79 Å². The monoisotopic (exact) mass is 208 g/mol. The van der Waals surface area contributed by atoms with Crippen molar-refractivity contribution in [3.8, 4) is 0 Å². The van der Waals surface area contributed by atoms with Crippen molar-refractivity contribution < 1.29 is 9.53 Å². The van der Waals surface area contributed by atoms with Crippen molar-refractivity contribution in [1.29, 1.82) is 0 Å². The van der Waals surface area contributed by atoms with E-state index in [-0.39, 0.29) is 5.41 Å². The van der Waals surface area contributed by atoms with Gasteiger partial charge in [0.05, 0.1) is 6.10 Å². The zero-order chi connectivity index (χ0) is 11.1. The summed E-state index contributed by atoms with van der Waals surface area (Å²) in [7, 11) is 1.80. The van der Waals surface area contributed by atoms with Crippen molar-refractivity contribution in [2.45, 2.75) is 38.7 Å². The quantitative estimate of drug-likeness (QED) is 0.524. The highest BCUT2D eigenvalue weighted by Gasteiger charge is 2.56. The van der Waals surface area contributed by atoms with Crippen molar-refractivity contribution in [3.63, 3.8) is 0 Å².